The Labute approximate surface area is 196 Å². The number of carbonyl (C=O) groups is 1. The summed E-state index contributed by atoms with van der Waals surface area (Å²) in [7, 11) is 0. The molecule has 0 saturated heterocycles. The van der Waals surface area contributed by atoms with Gasteiger partial charge in [0.15, 0.2) is 5.84 Å². The number of hydrogen-bond acceptors (Lipinski definition) is 5. The van der Waals surface area contributed by atoms with Gasteiger partial charge in [0.25, 0.3) is 0 Å². The number of halogens is 2. The number of carboxylic acids is 1. The molecule has 11 heteroatoms. The molecule has 0 aliphatic heterocycles. The minimum absolute atomic E-state index is 0. The number of nitrogens with zero attached hydrogens (tertiary/aromatic N) is 2. The number of rotatable bonds is 6. The average Bonchev–Trinajstić information content (AvgIpc) is 2.22. The zero-order chi connectivity index (χ0) is 11.8. The molecule has 0 aliphatic rings. The van der Waals surface area contributed by atoms with Crippen LogP contribution in [-0.4, -0.2) is 45.0 Å². The summed E-state index contributed by atoms with van der Waals surface area (Å²) in [5.74, 6) is -0.929. The summed E-state index contributed by atoms with van der Waals surface area (Å²) >= 11 is 0. The number of oxime groups is 1. The van der Waals surface area contributed by atoms with Crippen LogP contribution in [0.15, 0.2) is 5.16 Å². The van der Waals surface area contributed by atoms with Gasteiger partial charge in [0.05, 0.1) is 0 Å². The van der Waals surface area contributed by atoms with E-state index in [0.717, 1.165) is 5.06 Å². The number of unbranched alkanes of at least 4 members (excludes halogenated alkanes) is 1. The van der Waals surface area contributed by atoms with Crippen LogP contribution in [0.2, 0.25) is 0 Å². The van der Waals surface area contributed by atoms with E-state index in [0.29, 0.717) is 19.3 Å². The van der Waals surface area contributed by atoms with E-state index in [4.69, 9.17) is 16.0 Å². The standard InChI is InChI=1S/C8H17N3O4.2Ac.2ClH/c1-6(10-14)11(15)5-3-2-4-7(9)8(12)13;;;;/h7,14-15H,2-5,9H2,1H3,(H,12,13);;;2*1H/b10-6+;;;;/t7-;;;;/m0..../s1. The fourth-order valence-corrected chi connectivity index (χ4v) is 0.963. The zero-order valence-electron chi connectivity index (χ0n) is 10.6. The van der Waals surface area contributed by atoms with Crippen LogP contribution in [0.3, 0.4) is 0 Å². The fraction of sp³-hybridized carbons (Fsp3) is 0.750. The van der Waals surface area contributed by atoms with Gasteiger partial charge < -0.3 is 16.0 Å². The molecule has 0 saturated carbocycles. The molecule has 0 aromatic rings. The van der Waals surface area contributed by atoms with Gasteiger partial charge in [-0.3, -0.25) is 10.0 Å². The van der Waals surface area contributed by atoms with Gasteiger partial charge in [-0.2, -0.15) is 0 Å². The summed E-state index contributed by atoms with van der Waals surface area (Å²) < 4.78 is 0. The first-order valence-corrected chi connectivity index (χ1v) is 4.62. The van der Waals surface area contributed by atoms with Gasteiger partial charge in [0.2, 0.25) is 0 Å². The molecule has 0 rings (SSSR count). The van der Waals surface area contributed by atoms with E-state index in [1.165, 1.54) is 6.92 Å². The number of nitrogens with two attached hydrogens (primary N) is 1. The summed E-state index contributed by atoms with van der Waals surface area (Å²) in [5.41, 5.74) is 5.28. The van der Waals surface area contributed by atoms with Crippen molar-refractivity contribution in [2.24, 2.45) is 10.9 Å². The molecule has 110 valence electrons. The molecule has 7 nitrogen and oxygen atoms in total. The summed E-state index contributed by atoms with van der Waals surface area (Å²) in [6, 6.07) is -0.857. The average molecular weight is 746 g/mol. The quantitative estimate of drug-likeness (QED) is 0.106. The smallest absolute Gasteiger partial charge is 0.320 e. The zero-order valence-corrected chi connectivity index (χ0v) is 21.7. The molecular weight excluding hydrogens is 727 g/mol. The topological polar surface area (TPSA) is 119 Å². The van der Waals surface area contributed by atoms with Crippen molar-refractivity contribution >= 4 is 36.6 Å². The molecule has 0 unspecified atom stereocenters. The summed E-state index contributed by atoms with van der Waals surface area (Å²) in [4.78, 5) is 10.3. The van der Waals surface area contributed by atoms with E-state index in [2.05, 4.69) is 5.16 Å². The number of carboxylic acid groups (broad SMARTS) is 1. The maximum absolute atomic E-state index is 10.3. The van der Waals surface area contributed by atoms with Gasteiger partial charge in [-0.05, 0) is 26.2 Å². The fourth-order valence-electron chi connectivity index (χ4n) is 0.963. The van der Waals surface area contributed by atoms with Crippen LogP contribution in [0.1, 0.15) is 26.2 Å². The minimum Gasteiger partial charge on any atom is -0.480 e. The van der Waals surface area contributed by atoms with Crippen molar-refractivity contribution in [2.75, 3.05) is 6.54 Å². The van der Waals surface area contributed by atoms with Crippen LogP contribution < -0.4 is 5.73 Å². The molecule has 0 spiro atoms. The molecule has 5 N–H and O–H groups in total. The van der Waals surface area contributed by atoms with Gasteiger partial charge in [-0.25, -0.2) is 5.06 Å². The Morgan fingerprint density at radius 2 is 1.79 bits per heavy atom. The number of hydroxylamine groups is 2. The van der Waals surface area contributed by atoms with Crippen LogP contribution in [0.5, 0.6) is 0 Å². The van der Waals surface area contributed by atoms with E-state index in [-0.39, 0.29) is 125 Å². The first-order valence-electron chi connectivity index (χ1n) is 4.62. The number of amidine groups is 1. The first-order chi connectivity index (χ1) is 6.99. The first kappa shape index (κ1) is 32.9. The van der Waals surface area contributed by atoms with E-state index in [1.807, 2.05) is 0 Å². The van der Waals surface area contributed by atoms with Crippen molar-refractivity contribution in [3.05, 3.63) is 0 Å². The van der Waals surface area contributed by atoms with E-state index < -0.39 is 12.0 Å². The molecule has 0 aliphatic carbocycles. The maximum atomic E-state index is 10.3. The second-order valence-corrected chi connectivity index (χ2v) is 3.21. The molecule has 0 heterocycles. The van der Waals surface area contributed by atoms with Crippen molar-refractivity contribution in [1.82, 2.24) is 5.06 Å². The third-order valence-electron chi connectivity index (χ3n) is 1.97. The van der Waals surface area contributed by atoms with Crippen molar-refractivity contribution in [1.29, 1.82) is 0 Å². The Balaban J connectivity index is -0.000000163. The molecule has 0 amide bonds. The molecular formula is C8H19Ac2Cl2N3O4. The third kappa shape index (κ3) is 18.1. The molecule has 1 atom stereocenters. The SMILES string of the molecule is C/C(=N\O)N(O)CCCC[C@H](N)C(=O)O.Cl.Cl.[Ac].[Ac]. The van der Waals surface area contributed by atoms with Crippen LogP contribution in [0.25, 0.3) is 0 Å². The van der Waals surface area contributed by atoms with Crippen LogP contribution >= 0.6 is 24.8 Å². The van der Waals surface area contributed by atoms with Gasteiger partial charge in [0, 0.05) is 94.7 Å². The second kappa shape index (κ2) is 20.1. The molecule has 19 heavy (non-hydrogen) atoms. The maximum Gasteiger partial charge on any atom is 0.320 e. The predicted octanol–water partition coefficient (Wildman–Crippen LogP) is 0.911. The number of aliphatic carboxylic acids is 1. The van der Waals surface area contributed by atoms with Crippen LogP contribution in [0, 0.1) is 88.1 Å². The molecule has 2 radical (unpaired) electrons. The Bertz CT molecular complexity index is 250. The van der Waals surface area contributed by atoms with Crippen molar-refractivity contribution < 1.29 is 108 Å². The van der Waals surface area contributed by atoms with Gasteiger partial charge in [0.1, 0.15) is 6.04 Å². The Morgan fingerprint density at radius 3 is 2.16 bits per heavy atom. The van der Waals surface area contributed by atoms with Gasteiger partial charge >= 0.3 is 5.97 Å². The van der Waals surface area contributed by atoms with E-state index in [9.17, 15) is 10.0 Å². The van der Waals surface area contributed by atoms with Crippen LogP contribution in [0.4, 0.5) is 0 Å². The molecule has 0 aromatic heterocycles. The Kier molecular flexibility index (Phi) is 34.8. The van der Waals surface area contributed by atoms with E-state index in [1.54, 1.807) is 0 Å². The Hall–Kier alpha value is 2.12. The summed E-state index contributed by atoms with van der Waals surface area (Å²) in [6.07, 6.45) is 1.52. The van der Waals surface area contributed by atoms with Crippen molar-refractivity contribution in [3.63, 3.8) is 0 Å². The van der Waals surface area contributed by atoms with Crippen LogP contribution in [-0.2, 0) is 4.79 Å². The molecule has 0 fully saturated rings. The van der Waals surface area contributed by atoms with Crippen molar-refractivity contribution in [2.45, 2.75) is 32.2 Å². The summed E-state index contributed by atoms with van der Waals surface area (Å²) in [5, 5.41) is 29.6. The molecule has 0 aromatic carbocycles. The summed E-state index contributed by atoms with van der Waals surface area (Å²) in [6.45, 7) is 1.73. The monoisotopic (exact) mass is 745 g/mol. The van der Waals surface area contributed by atoms with Gasteiger partial charge in [-0.1, -0.05) is 5.16 Å². The minimum atomic E-state index is -1.02. The normalized spacial score (nSPS) is 10.8. The molecule has 0 bridgehead atoms. The van der Waals surface area contributed by atoms with Gasteiger partial charge in [-0.15, -0.1) is 24.8 Å². The Morgan fingerprint density at radius 1 is 1.32 bits per heavy atom. The third-order valence-corrected chi connectivity index (χ3v) is 1.97. The van der Waals surface area contributed by atoms with Crippen molar-refractivity contribution in [3.8, 4) is 0 Å². The second-order valence-electron chi connectivity index (χ2n) is 3.21. The number of hydrogen-bond donors (Lipinski definition) is 4. The van der Waals surface area contributed by atoms with E-state index >= 15 is 0 Å². The predicted molar refractivity (Wildman–Crippen MR) is 67.3 cm³/mol. The largest absolute Gasteiger partial charge is 0.480 e.